The summed E-state index contributed by atoms with van der Waals surface area (Å²) in [5.41, 5.74) is 0.719. The van der Waals surface area contributed by atoms with Crippen LogP contribution in [0.4, 0.5) is 5.69 Å². The molecule has 0 N–H and O–H groups in total. The van der Waals surface area contributed by atoms with E-state index < -0.39 is 0 Å². The summed E-state index contributed by atoms with van der Waals surface area (Å²) >= 11 is 0. The number of benzene rings is 1. The fraction of sp³-hybridized carbons (Fsp3) is 0.100. The van der Waals surface area contributed by atoms with Gasteiger partial charge in [0, 0.05) is 5.69 Å². The molecule has 0 radical (unpaired) electrons. The van der Waals surface area contributed by atoms with Crippen molar-refractivity contribution in [2.45, 2.75) is 0 Å². The van der Waals surface area contributed by atoms with E-state index in [1.54, 1.807) is 12.1 Å². The van der Waals surface area contributed by atoms with E-state index in [4.69, 9.17) is 0 Å². The van der Waals surface area contributed by atoms with E-state index in [1.807, 2.05) is 18.2 Å². The highest BCUT2D eigenvalue weighted by atomic mass is 16.2. The Morgan fingerprint density at radius 1 is 1.14 bits per heavy atom. The Kier molecular flexibility index (Phi) is 2.10. The van der Waals surface area contributed by atoms with Crippen molar-refractivity contribution in [1.29, 1.82) is 0 Å². The normalized spacial score (nSPS) is 16.1. The molecule has 0 unspecified atom stereocenters. The summed E-state index contributed by atoms with van der Waals surface area (Å²) in [5, 5.41) is 0. The number of amides is 2. The molecule has 0 bridgehead atoms. The summed E-state index contributed by atoms with van der Waals surface area (Å²) in [4.78, 5) is 27.2. The lowest BCUT2D eigenvalue weighted by Crippen LogP contribution is -2.39. The monoisotopic (exact) mass is 188 g/mol. The fourth-order valence-electron chi connectivity index (χ4n) is 1.28. The van der Waals surface area contributed by atoms with Gasteiger partial charge in [0.1, 0.15) is 6.54 Å². The lowest BCUT2D eigenvalue weighted by atomic mass is 10.2. The van der Waals surface area contributed by atoms with Crippen LogP contribution in [0.1, 0.15) is 0 Å². The maximum absolute atomic E-state index is 11.4. The number of carbonyl (C=O) groups is 2. The molecule has 0 saturated heterocycles. The second-order valence-electron chi connectivity index (χ2n) is 2.91. The molecule has 0 saturated carbocycles. The van der Waals surface area contributed by atoms with E-state index in [-0.39, 0.29) is 18.4 Å². The molecule has 1 heterocycles. The van der Waals surface area contributed by atoms with Gasteiger partial charge in [-0.2, -0.15) is 0 Å². The van der Waals surface area contributed by atoms with Crippen molar-refractivity contribution in [3.63, 3.8) is 0 Å². The minimum atomic E-state index is -0.298. The van der Waals surface area contributed by atoms with E-state index in [1.165, 1.54) is 4.90 Å². The average Bonchev–Trinajstić information content (AvgIpc) is 2.23. The molecular weight excluding hydrogens is 180 g/mol. The van der Waals surface area contributed by atoms with Gasteiger partial charge in [0.2, 0.25) is 0 Å². The number of nitrogens with zero attached hydrogens (tertiary/aromatic N) is 2. The topological polar surface area (TPSA) is 49.7 Å². The minimum absolute atomic E-state index is 0.0271. The highest BCUT2D eigenvalue weighted by Gasteiger charge is 2.20. The van der Waals surface area contributed by atoms with Gasteiger partial charge in [-0.25, -0.2) is 4.99 Å². The Balaban J connectivity index is 2.32. The zero-order chi connectivity index (χ0) is 9.97. The first kappa shape index (κ1) is 8.62. The molecule has 70 valence electrons. The van der Waals surface area contributed by atoms with Gasteiger partial charge in [-0.15, -0.1) is 0 Å². The standard InChI is InChI=1S/C10H8N2O2/c13-9-7-12(10(14)6-11-9)8-4-2-1-3-5-8/h1-6H,7H2. The first-order chi connectivity index (χ1) is 6.77. The van der Waals surface area contributed by atoms with Crippen molar-refractivity contribution >= 4 is 23.7 Å². The number of hydrogen-bond donors (Lipinski definition) is 0. The van der Waals surface area contributed by atoms with Gasteiger partial charge in [-0.05, 0) is 12.1 Å². The maximum Gasteiger partial charge on any atom is 0.270 e. The number of para-hydroxylation sites is 1. The molecule has 1 aromatic carbocycles. The predicted molar refractivity (Wildman–Crippen MR) is 52.3 cm³/mol. The molecule has 4 heteroatoms. The van der Waals surface area contributed by atoms with Gasteiger partial charge in [-0.3, -0.25) is 14.5 Å². The smallest absolute Gasteiger partial charge is 0.270 e. The van der Waals surface area contributed by atoms with E-state index in [0.717, 1.165) is 11.9 Å². The molecule has 0 fully saturated rings. The van der Waals surface area contributed by atoms with Crippen LogP contribution in [0.2, 0.25) is 0 Å². The van der Waals surface area contributed by atoms with Crippen LogP contribution in [0.5, 0.6) is 0 Å². The molecule has 1 aromatic rings. The highest BCUT2D eigenvalue weighted by Crippen LogP contribution is 2.14. The number of rotatable bonds is 1. The zero-order valence-corrected chi connectivity index (χ0v) is 7.38. The largest absolute Gasteiger partial charge is 0.298 e. The zero-order valence-electron chi connectivity index (χ0n) is 7.38. The first-order valence-corrected chi connectivity index (χ1v) is 4.21. The summed E-state index contributed by atoms with van der Waals surface area (Å²) in [6.07, 6.45) is 1.05. The van der Waals surface area contributed by atoms with Crippen LogP contribution in [0.3, 0.4) is 0 Å². The summed E-state index contributed by atoms with van der Waals surface area (Å²) in [6, 6.07) is 9.06. The van der Waals surface area contributed by atoms with E-state index in [2.05, 4.69) is 4.99 Å². The molecule has 1 aliphatic rings. The predicted octanol–water partition coefficient (Wildman–Crippen LogP) is 0.631. The summed E-state index contributed by atoms with van der Waals surface area (Å²) < 4.78 is 0. The number of anilines is 1. The summed E-state index contributed by atoms with van der Waals surface area (Å²) in [6.45, 7) is 0.0271. The lowest BCUT2D eigenvalue weighted by Gasteiger charge is -2.21. The molecule has 0 aromatic heterocycles. The Morgan fingerprint density at radius 3 is 2.57 bits per heavy atom. The van der Waals surface area contributed by atoms with Gasteiger partial charge >= 0.3 is 0 Å². The van der Waals surface area contributed by atoms with E-state index in [0.29, 0.717) is 0 Å². The van der Waals surface area contributed by atoms with Crippen LogP contribution in [0, 0.1) is 0 Å². The highest BCUT2D eigenvalue weighted by molar-refractivity contribution is 6.36. The van der Waals surface area contributed by atoms with Gasteiger partial charge in [-0.1, -0.05) is 18.2 Å². The van der Waals surface area contributed by atoms with Crippen molar-refractivity contribution in [3.05, 3.63) is 30.3 Å². The first-order valence-electron chi connectivity index (χ1n) is 4.21. The van der Waals surface area contributed by atoms with Crippen LogP contribution in [-0.4, -0.2) is 24.6 Å². The quantitative estimate of drug-likeness (QED) is 0.649. The Bertz CT molecular complexity index is 398. The van der Waals surface area contributed by atoms with E-state index >= 15 is 0 Å². The van der Waals surface area contributed by atoms with Crippen LogP contribution in [0.15, 0.2) is 35.3 Å². The summed E-state index contributed by atoms with van der Waals surface area (Å²) in [7, 11) is 0. The molecule has 0 aliphatic carbocycles. The lowest BCUT2D eigenvalue weighted by molar-refractivity contribution is -0.120. The van der Waals surface area contributed by atoms with Crippen LogP contribution in [0.25, 0.3) is 0 Å². The second-order valence-corrected chi connectivity index (χ2v) is 2.91. The number of aliphatic imine (C=N–C) groups is 1. The molecule has 4 nitrogen and oxygen atoms in total. The van der Waals surface area contributed by atoms with Crippen molar-refractivity contribution < 1.29 is 9.59 Å². The van der Waals surface area contributed by atoms with Crippen LogP contribution < -0.4 is 4.90 Å². The van der Waals surface area contributed by atoms with Crippen molar-refractivity contribution in [1.82, 2.24) is 0 Å². The molecule has 2 rings (SSSR count). The van der Waals surface area contributed by atoms with E-state index in [9.17, 15) is 9.59 Å². The Hall–Kier alpha value is -1.97. The number of carbonyl (C=O) groups excluding carboxylic acids is 2. The molecule has 1 aliphatic heterocycles. The average molecular weight is 188 g/mol. The van der Waals surface area contributed by atoms with Crippen LogP contribution >= 0.6 is 0 Å². The Labute approximate surface area is 80.9 Å². The van der Waals surface area contributed by atoms with Gasteiger partial charge in [0.25, 0.3) is 11.8 Å². The van der Waals surface area contributed by atoms with Crippen molar-refractivity contribution in [3.8, 4) is 0 Å². The minimum Gasteiger partial charge on any atom is -0.298 e. The third-order valence-corrected chi connectivity index (χ3v) is 1.95. The fourth-order valence-corrected chi connectivity index (χ4v) is 1.28. The molecule has 0 atom stereocenters. The molecular formula is C10H8N2O2. The van der Waals surface area contributed by atoms with Gasteiger partial charge in [0.15, 0.2) is 0 Å². The summed E-state index contributed by atoms with van der Waals surface area (Å²) in [5.74, 6) is -0.552. The maximum atomic E-state index is 11.4. The molecule has 2 amide bonds. The number of hydrogen-bond acceptors (Lipinski definition) is 2. The third-order valence-electron chi connectivity index (χ3n) is 1.95. The molecule has 0 spiro atoms. The Morgan fingerprint density at radius 2 is 1.86 bits per heavy atom. The van der Waals surface area contributed by atoms with Crippen LogP contribution in [-0.2, 0) is 9.59 Å². The van der Waals surface area contributed by atoms with Crippen molar-refractivity contribution in [2.24, 2.45) is 4.99 Å². The van der Waals surface area contributed by atoms with Gasteiger partial charge < -0.3 is 0 Å². The molecule has 14 heavy (non-hydrogen) atoms. The van der Waals surface area contributed by atoms with Gasteiger partial charge in [0.05, 0.1) is 6.21 Å². The third kappa shape index (κ3) is 1.54. The second kappa shape index (κ2) is 3.41. The SMILES string of the molecule is O=C1CN(c2ccccc2)C(=O)C=N1. The van der Waals surface area contributed by atoms with Crippen molar-refractivity contribution in [2.75, 3.05) is 11.4 Å².